The summed E-state index contributed by atoms with van der Waals surface area (Å²) in [5.74, 6) is 0.708. The fraction of sp³-hybridized carbons (Fsp3) is 0.909. The molecule has 2 saturated heterocycles. The molecule has 0 spiro atoms. The van der Waals surface area contributed by atoms with Gasteiger partial charge in [0.05, 0.1) is 23.0 Å². The van der Waals surface area contributed by atoms with Gasteiger partial charge in [-0.3, -0.25) is 0 Å². The van der Waals surface area contributed by atoms with Crippen molar-refractivity contribution in [3.05, 3.63) is 0 Å². The van der Waals surface area contributed by atoms with Crippen LogP contribution < -0.4 is 0 Å². The summed E-state index contributed by atoms with van der Waals surface area (Å²) in [5.41, 5.74) is -0.610. The summed E-state index contributed by atoms with van der Waals surface area (Å²) in [7, 11) is -2.97. The fourth-order valence-corrected chi connectivity index (χ4v) is 4.73. The molecule has 0 bridgehead atoms. The molecule has 0 aromatic rings. The number of nitrogens with zero attached hydrogens (tertiary/aromatic N) is 1. The molecule has 2 heterocycles. The Kier molecular flexibility index (Phi) is 3.22. The largest absolute Gasteiger partial charge is 0.381 e. The smallest absolute Gasteiger partial charge is 0.151 e. The van der Waals surface area contributed by atoms with Crippen LogP contribution in [0.3, 0.4) is 0 Å². The SMILES string of the molecule is N#CC1(CC2CCOCC2)CCS(=O)(=O)C1. The molecule has 0 aromatic carbocycles. The zero-order valence-electron chi connectivity index (χ0n) is 9.31. The summed E-state index contributed by atoms with van der Waals surface area (Å²) in [6.07, 6.45) is 3.17. The Morgan fingerprint density at radius 3 is 2.56 bits per heavy atom. The minimum Gasteiger partial charge on any atom is -0.381 e. The Bertz CT molecular complexity index is 392. The molecule has 2 rings (SSSR count). The summed E-state index contributed by atoms with van der Waals surface area (Å²) in [6.45, 7) is 1.50. The maximum Gasteiger partial charge on any atom is 0.151 e. The maximum atomic E-state index is 11.5. The molecule has 90 valence electrons. The van der Waals surface area contributed by atoms with Crippen LogP contribution in [-0.2, 0) is 14.6 Å². The van der Waals surface area contributed by atoms with E-state index in [4.69, 9.17) is 4.74 Å². The zero-order valence-corrected chi connectivity index (χ0v) is 10.1. The standard InChI is InChI=1S/C11H17NO3S/c12-8-11(3-6-16(13,14)9-11)7-10-1-4-15-5-2-10/h10H,1-7,9H2. The van der Waals surface area contributed by atoms with Gasteiger partial charge in [0, 0.05) is 13.2 Å². The minimum atomic E-state index is -2.97. The third-order valence-electron chi connectivity index (χ3n) is 3.65. The second kappa shape index (κ2) is 4.34. The van der Waals surface area contributed by atoms with Gasteiger partial charge >= 0.3 is 0 Å². The molecule has 4 nitrogen and oxygen atoms in total. The molecule has 0 amide bonds. The molecule has 0 radical (unpaired) electrons. The van der Waals surface area contributed by atoms with Gasteiger partial charge in [0.1, 0.15) is 0 Å². The summed E-state index contributed by atoms with van der Waals surface area (Å²) in [5, 5.41) is 9.23. The summed E-state index contributed by atoms with van der Waals surface area (Å²) in [6, 6.07) is 2.26. The predicted molar refractivity (Wildman–Crippen MR) is 59.5 cm³/mol. The van der Waals surface area contributed by atoms with Crippen LogP contribution in [0.5, 0.6) is 0 Å². The highest BCUT2D eigenvalue weighted by molar-refractivity contribution is 7.91. The highest BCUT2D eigenvalue weighted by Crippen LogP contribution is 2.39. The monoisotopic (exact) mass is 243 g/mol. The number of ether oxygens (including phenoxy) is 1. The highest BCUT2D eigenvalue weighted by atomic mass is 32.2. The van der Waals surface area contributed by atoms with Gasteiger partial charge in [0.2, 0.25) is 0 Å². The first-order chi connectivity index (χ1) is 7.55. The Morgan fingerprint density at radius 2 is 2.06 bits per heavy atom. The van der Waals surface area contributed by atoms with Crippen molar-refractivity contribution >= 4 is 9.84 Å². The average Bonchev–Trinajstić information content (AvgIpc) is 2.57. The van der Waals surface area contributed by atoms with Crippen LogP contribution in [0.25, 0.3) is 0 Å². The van der Waals surface area contributed by atoms with Crippen molar-refractivity contribution in [1.29, 1.82) is 5.26 Å². The van der Waals surface area contributed by atoms with E-state index in [0.717, 1.165) is 32.5 Å². The molecule has 5 heteroatoms. The first kappa shape index (κ1) is 11.9. The van der Waals surface area contributed by atoms with Crippen LogP contribution in [0.4, 0.5) is 0 Å². The lowest BCUT2D eigenvalue weighted by Crippen LogP contribution is -2.27. The Morgan fingerprint density at radius 1 is 1.38 bits per heavy atom. The van der Waals surface area contributed by atoms with E-state index >= 15 is 0 Å². The summed E-state index contributed by atoms with van der Waals surface area (Å²) in [4.78, 5) is 0. The molecule has 1 unspecified atom stereocenters. The van der Waals surface area contributed by atoms with Crippen molar-refractivity contribution in [2.75, 3.05) is 24.7 Å². The van der Waals surface area contributed by atoms with Gasteiger partial charge in [-0.2, -0.15) is 5.26 Å². The number of hydrogen-bond donors (Lipinski definition) is 0. The second-order valence-corrected chi connectivity index (χ2v) is 7.18. The van der Waals surface area contributed by atoms with Gasteiger partial charge in [0.15, 0.2) is 9.84 Å². The third kappa shape index (κ3) is 2.55. The van der Waals surface area contributed by atoms with E-state index in [0.29, 0.717) is 12.3 Å². The van der Waals surface area contributed by atoms with Crippen LogP contribution in [0, 0.1) is 22.7 Å². The lowest BCUT2D eigenvalue weighted by atomic mass is 9.78. The fourth-order valence-electron chi connectivity index (χ4n) is 2.71. The summed E-state index contributed by atoms with van der Waals surface area (Å²) >= 11 is 0. The van der Waals surface area contributed by atoms with E-state index in [1.807, 2.05) is 0 Å². The molecule has 16 heavy (non-hydrogen) atoms. The van der Waals surface area contributed by atoms with Gasteiger partial charge in [-0.1, -0.05) is 0 Å². The van der Waals surface area contributed by atoms with E-state index in [1.54, 1.807) is 0 Å². The van der Waals surface area contributed by atoms with Gasteiger partial charge in [-0.15, -0.1) is 0 Å². The second-order valence-electron chi connectivity index (χ2n) is 4.99. The first-order valence-electron chi connectivity index (χ1n) is 5.75. The number of nitriles is 1. The van der Waals surface area contributed by atoms with Crippen LogP contribution in [0.15, 0.2) is 0 Å². The third-order valence-corrected chi connectivity index (χ3v) is 5.46. The van der Waals surface area contributed by atoms with Crippen molar-refractivity contribution in [1.82, 2.24) is 0 Å². The van der Waals surface area contributed by atoms with Crippen molar-refractivity contribution in [3.63, 3.8) is 0 Å². The quantitative estimate of drug-likeness (QED) is 0.729. The highest BCUT2D eigenvalue weighted by Gasteiger charge is 2.44. The van der Waals surface area contributed by atoms with Crippen LogP contribution in [0.1, 0.15) is 25.7 Å². The lowest BCUT2D eigenvalue weighted by molar-refractivity contribution is 0.0554. The molecule has 0 aromatic heterocycles. The number of sulfone groups is 1. The van der Waals surface area contributed by atoms with Crippen molar-refractivity contribution in [2.45, 2.75) is 25.7 Å². The molecule has 0 aliphatic carbocycles. The molecular weight excluding hydrogens is 226 g/mol. The Labute approximate surface area is 96.5 Å². The van der Waals surface area contributed by atoms with Crippen LogP contribution in [0.2, 0.25) is 0 Å². The van der Waals surface area contributed by atoms with Crippen LogP contribution in [-0.4, -0.2) is 33.1 Å². The van der Waals surface area contributed by atoms with Crippen LogP contribution >= 0.6 is 0 Å². The topological polar surface area (TPSA) is 67.2 Å². The number of hydrogen-bond acceptors (Lipinski definition) is 4. The van der Waals surface area contributed by atoms with E-state index in [-0.39, 0.29) is 11.5 Å². The molecule has 2 aliphatic heterocycles. The van der Waals surface area contributed by atoms with Gasteiger partial charge in [-0.25, -0.2) is 8.42 Å². The van der Waals surface area contributed by atoms with Gasteiger partial charge in [-0.05, 0) is 31.6 Å². The molecule has 2 fully saturated rings. The Balaban J connectivity index is 2.03. The molecule has 0 N–H and O–H groups in total. The number of rotatable bonds is 2. The maximum absolute atomic E-state index is 11.5. The zero-order chi connectivity index (χ0) is 11.6. The van der Waals surface area contributed by atoms with Crippen molar-refractivity contribution in [3.8, 4) is 6.07 Å². The Hall–Kier alpha value is -0.600. The minimum absolute atomic E-state index is 0.0634. The molecule has 1 atom stereocenters. The van der Waals surface area contributed by atoms with Gasteiger partial charge < -0.3 is 4.74 Å². The van der Waals surface area contributed by atoms with Crippen molar-refractivity contribution in [2.24, 2.45) is 11.3 Å². The normalized spacial score (nSPS) is 34.7. The summed E-state index contributed by atoms with van der Waals surface area (Å²) < 4.78 is 28.2. The molecular formula is C11H17NO3S. The molecule has 2 aliphatic rings. The first-order valence-corrected chi connectivity index (χ1v) is 7.57. The van der Waals surface area contributed by atoms with E-state index < -0.39 is 15.3 Å². The predicted octanol–water partition coefficient (Wildman–Crippen LogP) is 1.13. The van der Waals surface area contributed by atoms with Gasteiger partial charge in [0.25, 0.3) is 0 Å². The average molecular weight is 243 g/mol. The van der Waals surface area contributed by atoms with E-state index in [2.05, 4.69) is 6.07 Å². The van der Waals surface area contributed by atoms with E-state index in [9.17, 15) is 13.7 Å². The molecule has 0 saturated carbocycles. The van der Waals surface area contributed by atoms with Crippen molar-refractivity contribution < 1.29 is 13.2 Å². The van der Waals surface area contributed by atoms with E-state index in [1.165, 1.54) is 0 Å². The lowest BCUT2D eigenvalue weighted by Gasteiger charge is -2.28.